The van der Waals surface area contributed by atoms with E-state index in [-0.39, 0.29) is 17.6 Å². The molecule has 0 bridgehead atoms. The first kappa shape index (κ1) is 16.9. The Morgan fingerprint density at radius 3 is 2.52 bits per heavy atom. The Morgan fingerprint density at radius 2 is 1.96 bits per heavy atom. The Bertz CT molecular complexity index is 642. The lowest BCUT2D eigenvalue weighted by Gasteiger charge is -2.15. The quantitative estimate of drug-likeness (QED) is 0.858. The van der Waals surface area contributed by atoms with Crippen molar-refractivity contribution in [1.82, 2.24) is 10.3 Å². The molecule has 2 rings (SSSR count). The highest BCUT2D eigenvalue weighted by Crippen LogP contribution is 2.19. The van der Waals surface area contributed by atoms with E-state index in [1.165, 1.54) is 24.3 Å². The Hall–Kier alpha value is -2.47. The van der Waals surface area contributed by atoms with Crippen LogP contribution in [0, 0.1) is 11.7 Å². The van der Waals surface area contributed by atoms with Gasteiger partial charge < -0.3 is 15.8 Å². The van der Waals surface area contributed by atoms with Crippen molar-refractivity contribution in [2.75, 3.05) is 0 Å². The summed E-state index contributed by atoms with van der Waals surface area (Å²) >= 11 is 0. The van der Waals surface area contributed by atoms with Crippen molar-refractivity contribution >= 4 is 5.91 Å². The third-order valence-corrected chi connectivity index (χ3v) is 3.32. The highest BCUT2D eigenvalue weighted by atomic mass is 19.1. The number of halogens is 1. The van der Waals surface area contributed by atoms with Gasteiger partial charge in [-0.05, 0) is 35.7 Å². The van der Waals surface area contributed by atoms with Crippen molar-refractivity contribution in [3.8, 4) is 11.6 Å². The maximum Gasteiger partial charge on any atom is 0.237 e. The van der Waals surface area contributed by atoms with E-state index in [4.69, 9.17) is 10.5 Å². The second kappa shape index (κ2) is 7.69. The molecule has 0 fully saturated rings. The van der Waals surface area contributed by atoms with Crippen LogP contribution in [0.2, 0.25) is 0 Å². The molecule has 1 aromatic carbocycles. The molecule has 0 aliphatic heterocycles. The summed E-state index contributed by atoms with van der Waals surface area (Å²) in [7, 11) is 0. The molecule has 0 spiro atoms. The van der Waals surface area contributed by atoms with Crippen LogP contribution in [0.5, 0.6) is 11.6 Å². The van der Waals surface area contributed by atoms with Crippen molar-refractivity contribution in [3.05, 3.63) is 54.0 Å². The number of benzene rings is 1. The number of nitrogens with one attached hydrogen (secondary N) is 1. The van der Waals surface area contributed by atoms with Gasteiger partial charge in [0.25, 0.3) is 0 Å². The lowest BCUT2D eigenvalue weighted by molar-refractivity contribution is -0.123. The molecule has 1 aromatic heterocycles. The minimum atomic E-state index is -0.524. The van der Waals surface area contributed by atoms with Gasteiger partial charge in [-0.2, -0.15) is 0 Å². The van der Waals surface area contributed by atoms with Gasteiger partial charge in [-0.25, -0.2) is 9.37 Å². The Kier molecular flexibility index (Phi) is 5.65. The maximum absolute atomic E-state index is 12.8. The highest BCUT2D eigenvalue weighted by Gasteiger charge is 2.16. The van der Waals surface area contributed by atoms with E-state index in [9.17, 15) is 9.18 Å². The molecule has 2 aromatic rings. The standard InChI is InChI=1S/C17H20FN3O2/c1-11(2)16(19)17(22)21-10-12-3-8-15(20-9-12)23-14-6-4-13(18)5-7-14/h3-9,11,16H,10,19H2,1-2H3,(H,21,22)/t16-/m0/s1. The van der Waals surface area contributed by atoms with Crippen LogP contribution in [-0.2, 0) is 11.3 Å². The fourth-order valence-corrected chi connectivity index (χ4v) is 1.81. The summed E-state index contributed by atoms with van der Waals surface area (Å²) in [4.78, 5) is 15.9. The number of nitrogens with zero attached hydrogens (tertiary/aromatic N) is 1. The van der Waals surface area contributed by atoms with Crippen LogP contribution in [0.15, 0.2) is 42.6 Å². The monoisotopic (exact) mass is 317 g/mol. The van der Waals surface area contributed by atoms with E-state index in [0.29, 0.717) is 18.2 Å². The normalized spacial score (nSPS) is 12.0. The fraction of sp³-hybridized carbons (Fsp3) is 0.294. The van der Waals surface area contributed by atoms with Crippen LogP contribution >= 0.6 is 0 Å². The molecule has 23 heavy (non-hydrogen) atoms. The number of pyridine rings is 1. The Balaban J connectivity index is 1.89. The predicted octanol–water partition coefficient (Wildman–Crippen LogP) is 2.61. The summed E-state index contributed by atoms with van der Waals surface area (Å²) in [6.45, 7) is 4.14. The molecule has 0 aliphatic carbocycles. The number of hydrogen-bond acceptors (Lipinski definition) is 4. The number of nitrogens with two attached hydrogens (primary N) is 1. The topological polar surface area (TPSA) is 77.2 Å². The maximum atomic E-state index is 12.8. The number of rotatable bonds is 6. The van der Waals surface area contributed by atoms with Crippen molar-refractivity contribution < 1.29 is 13.9 Å². The minimum absolute atomic E-state index is 0.0830. The average molecular weight is 317 g/mol. The van der Waals surface area contributed by atoms with Gasteiger partial charge in [-0.3, -0.25) is 4.79 Å². The number of carbonyl (C=O) groups is 1. The van der Waals surface area contributed by atoms with E-state index >= 15 is 0 Å². The summed E-state index contributed by atoms with van der Waals surface area (Å²) in [5.74, 6) is 0.468. The lowest BCUT2D eigenvalue weighted by Crippen LogP contribution is -2.43. The lowest BCUT2D eigenvalue weighted by atomic mass is 10.1. The van der Waals surface area contributed by atoms with Crippen LogP contribution in [0.25, 0.3) is 0 Å². The van der Waals surface area contributed by atoms with E-state index in [2.05, 4.69) is 10.3 Å². The first-order valence-corrected chi connectivity index (χ1v) is 7.37. The minimum Gasteiger partial charge on any atom is -0.439 e. The molecule has 0 aliphatic rings. The summed E-state index contributed by atoms with van der Waals surface area (Å²) in [6, 6.07) is 8.65. The van der Waals surface area contributed by atoms with Crippen molar-refractivity contribution in [2.24, 2.45) is 11.7 Å². The van der Waals surface area contributed by atoms with Gasteiger partial charge in [-0.15, -0.1) is 0 Å². The summed E-state index contributed by atoms with van der Waals surface area (Å²) in [6.07, 6.45) is 1.61. The molecule has 0 saturated heterocycles. The van der Waals surface area contributed by atoms with E-state index in [1.807, 2.05) is 13.8 Å². The van der Waals surface area contributed by atoms with Gasteiger partial charge in [0.2, 0.25) is 11.8 Å². The zero-order valence-electron chi connectivity index (χ0n) is 13.1. The zero-order valence-corrected chi connectivity index (χ0v) is 13.1. The van der Waals surface area contributed by atoms with Crippen LogP contribution in [0.1, 0.15) is 19.4 Å². The van der Waals surface area contributed by atoms with Gasteiger partial charge in [0, 0.05) is 18.8 Å². The molecule has 6 heteroatoms. The molecule has 122 valence electrons. The molecular weight excluding hydrogens is 297 g/mol. The smallest absolute Gasteiger partial charge is 0.237 e. The Labute approximate surface area is 134 Å². The second-order valence-electron chi connectivity index (χ2n) is 5.55. The molecule has 1 atom stereocenters. The number of amides is 1. The molecule has 1 heterocycles. The summed E-state index contributed by atoms with van der Waals surface area (Å²) in [5.41, 5.74) is 6.60. The molecule has 5 nitrogen and oxygen atoms in total. The van der Waals surface area contributed by atoms with Gasteiger partial charge >= 0.3 is 0 Å². The average Bonchev–Trinajstić information content (AvgIpc) is 2.55. The Morgan fingerprint density at radius 1 is 1.26 bits per heavy atom. The largest absolute Gasteiger partial charge is 0.439 e. The first-order valence-electron chi connectivity index (χ1n) is 7.37. The highest BCUT2D eigenvalue weighted by molar-refractivity contribution is 5.81. The predicted molar refractivity (Wildman–Crippen MR) is 85.4 cm³/mol. The van der Waals surface area contributed by atoms with Gasteiger partial charge in [0.05, 0.1) is 6.04 Å². The zero-order chi connectivity index (χ0) is 16.8. The van der Waals surface area contributed by atoms with E-state index < -0.39 is 6.04 Å². The number of hydrogen-bond donors (Lipinski definition) is 2. The van der Waals surface area contributed by atoms with Crippen LogP contribution in [0.3, 0.4) is 0 Å². The molecule has 3 N–H and O–H groups in total. The first-order chi connectivity index (χ1) is 11.0. The molecular formula is C17H20FN3O2. The van der Waals surface area contributed by atoms with Gasteiger partial charge in [-0.1, -0.05) is 19.9 Å². The second-order valence-corrected chi connectivity index (χ2v) is 5.55. The number of carbonyl (C=O) groups excluding carboxylic acids is 1. The summed E-state index contributed by atoms with van der Waals surface area (Å²) in [5, 5.41) is 2.77. The number of aromatic nitrogens is 1. The van der Waals surface area contributed by atoms with Crippen molar-refractivity contribution in [3.63, 3.8) is 0 Å². The van der Waals surface area contributed by atoms with Crippen LogP contribution in [-0.4, -0.2) is 16.9 Å². The number of ether oxygens (including phenoxy) is 1. The molecule has 0 saturated carbocycles. The van der Waals surface area contributed by atoms with Crippen molar-refractivity contribution in [1.29, 1.82) is 0 Å². The SMILES string of the molecule is CC(C)[C@H](N)C(=O)NCc1ccc(Oc2ccc(F)cc2)nc1. The molecule has 1 amide bonds. The molecule has 0 unspecified atom stereocenters. The fourth-order valence-electron chi connectivity index (χ4n) is 1.81. The molecule has 0 radical (unpaired) electrons. The third-order valence-electron chi connectivity index (χ3n) is 3.32. The third kappa shape index (κ3) is 5.03. The van der Waals surface area contributed by atoms with Gasteiger partial charge in [0.1, 0.15) is 11.6 Å². The van der Waals surface area contributed by atoms with Crippen LogP contribution in [0.4, 0.5) is 4.39 Å². The van der Waals surface area contributed by atoms with Crippen molar-refractivity contribution in [2.45, 2.75) is 26.4 Å². The van der Waals surface area contributed by atoms with E-state index in [0.717, 1.165) is 5.56 Å². The van der Waals surface area contributed by atoms with Gasteiger partial charge in [0.15, 0.2) is 0 Å². The summed E-state index contributed by atoms with van der Waals surface area (Å²) < 4.78 is 18.3. The van der Waals surface area contributed by atoms with Crippen LogP contribution < -0.4 is 15.8 Å². The van der Waals surface area contributed by atoms with E-state index in [1.54, 1.807) is 18.3 Å².